The topological polar surface area (TPSA) is 21.8 Å². The molecular weight excluding hydrogens is 250 g/mol. The number of epoxide rings is 1. The number of rotatable bonds is 5. The SMILES string of the molecule is CCC(OC[C@H]1CO1)c1cc(F)cc(F)c1Cl. The zero-order chi connectivity index (χ0) is 12.4. The van der Waals surface area contributed by atoms with Gasteiger partial charge < -0.3 is 9.47 Å². The molecule has 2 nitrogen and oxygen atoms in total. The summed E-state index contributed by atoms with van der Waals surface area (Å²) in [6, 6.07) is 1.98. The number of halogens is 3. The second kappa shape index (κ2) is 5.29. The Balaban J connectivity index is 2.16. The number of ether oxygens (including phenoxy) is 2. The summed E-state index contributed by atoms with van der Waals surface area (Å²) in [5, 5.41) is -0.0741. The van der Waals surface area contributed by atoms with Gasteiger partial charge in [0.2, 0.25) is 0 Å². The predicted octanol–water partition coefficient (Wildman–Crippen LogP) is 3.48. The van der Waals surface area contributed by atoms with Crippen molar-refractivity contribution in [1.82, 2.24) is 0 Å². The van der Waals surface area contributed by atoms with Crippen LogP contribution in [0.1, 0.15) is 25.0 Å². The maximum atomic E-state index is 13.3. The monoisotopic (exact) mass is 262 g/mol. The van der Waals surface area contributed by atoms with Gasteiger partial charge in [-0.2, -0.15) is 0 Å². The summed E-state index contributed by atoms with van der Waals surface area (Å²) in [6.45, 7) is 2.98. The van der Waals surface area contributed by atoms with Crippen molar-refractivity contribution in [3.63, 3.8) is 0 Å². The maximum Gasteiger partial charge on any atom is 0.145 e. The lowest BCUT2D eigenvalue weighted by Crippen LogP contribution is -2.09. The highest BCUT2D eigenvalue weighted by atomic mass is 35.5. The van der Waals surface area contributed by atoms with Crippen molar-refractivity contribution in [2.24, 2.45) is 0 Å². The van der Waals surface area contributed by atoms with Gasteiger partial charge in [-0.15, -0.1) is 0 Å². The average Bonchev–Trinajstić information content (AvgIpc) is 3.09. The van der Waals surface area contributed by atoms with Crippen LogP contribution in [0.4, 0.5) is 8.78 Å². The molecule has 0 aliphatic carbocycles. The molecule has 1 unspecified atom stereocenters. The van der Waals surface area contributed by atoms with E-state index in [9.17, 15) is 8.78 Å². The van der Waals surface area contributed by atoms with Crippen LogP contribution >= 0.6 is 11.6 Å². The van der Waals surface area contributed by atoms with Crippen LogP contribution in [-0.4, -0.2) is 19.3 Å². The molecule has 1 fully saturated rings. The number of hydrogen-bond donors (Lipinski definition) is 0. The molecule has 0 N–H and O–H groups in total. The Morgan fingerprint density at radius 2 is 2.24 bits per heavy atom. The molecule has 5 heteroatoms. The largest absolute Gasteiger partial charge is 0.371 e. The Bertz CT molecular complexity index is 408. The van der Waals surface area contributed by atoms with E-state index in [0.29, 0.717) is 25.2 Å². The van der Waals surface area contributed by atoms with Gasteiger partial charge in [0.1, 0.15) is 17.7 Å². The smallest absolute Gasteiger partial charge is 0.145 e. The van der Waals surface area contributed by atoms with Gasteiger partial charge in [0.25, 0.3) is 0 Å². The molecule has 1 heterocycles. The summed E-state index contributed by atoms with van der Waals surface area (Å²) in [5.41, 5.74) is 0.354. The lowest BCUT2D eigenvalue weighted by molar-refractivity contribution is 0.0391. The summed E-state index contributed by atoms with van der Waals surface area (Å²) in [6.07, 6.45) is 0.299. The van der Waals surface area contributed by atoms with Crippen LogP contribution in [0.3, 0.4) is 0 Å². The van der Waals surface area contributed by atoms with Crippen LogP contribution in [0.5, 0.6) is 0 Å². The van der Waals surface area contributed by atoms with E-state index >= 15 is 0 Å². The fraction of sp³-hybridized carbons (Fsp3) is 0.500. The van der Waals surface area contributed by atoms with Crippen LogP contribution in [0.15, 0.2) is 12.1 Å². The molecule has 1 aliphatic rings. The van der Waals surface area contributed by atoms with Gasteiger partial charge in [-0.05, 0) is 12.5 Å². The Kier molecular flexibility index (Phi) is 3.97. The van der Waals surface area contributed by atoms with Crippen LogP contribution in [-0.2, 0) is 9.47 Å². The van der Waals surface area contributed by atoms with Crippen molar-refractivity contribution in [2.75, 3.05) is 13.2 Å². The van der Waals surface area contributed by atoms with Crippen molar-refractivity contribution < 1.29 is 18.3 Å². The summed E-state index contributed by atoms with van der Waals surface area (Å²) in [7, 11) is 0. The van der Waals surface area contributed by atoms with E-state index in [2.05, 4.69) is 0 Å². The molecule has 0 spiro atoms. The quantitative estimate of drug-likeness (QED) is 0.599. The molecule has 0 radical (unpaired) electrons. The molecule has 0 amide bonds. The number of hydrogen-bond acceptors (Lipinski definition) is 2. The summed E-state index contributed by atoms with van der Waals surface area (Å²) < 4.78 is 37.0. The van der Waals surface area contributed by atoms with Crippen molar-refractivity contribution in [3.8, 4) is 0 Å². The first kappa shape index (κ1) is 12.7. The van der Waals surface area contributed by atoms with Crippen molar-refractivity contribution in [3.05, 3.63) is 34.4 Å². The Hall–Kier alpha value is -0.710. The third-order valence-electron chi connectivity index (χ3n) is 2.62. The minimum absolute atomic E-state index is 0.0741. The van der Waals surface area contributed by atoms with Gasteiger partial charge in [-0.3, -0.25) is 0 Å². The minimum atomic E-state index is -0.758. The molecule has 1 aromatic carbocycles. The van der Waals surface area contributed by atoms with Gasteiger partial charge in [0.05, 0.1) is 24.3 Å². The van der Waals surface area contributed by atoms with Gasteiger partial charge >= 0.3 is 0 Å². The van der Waals surface area contributed by atoms with Gasteiger partial charge in [0, 0.05) is 11.6 Å². The zero-order valence-electron chi connectivity index (χ0n) is 9.38. The Morgan fingerprint density at radius 3 is 2.82 bits per heavy atom. The fourth-order valence-corrected chi connectivity index (χ4v) is 1.86. The molecule has 94 valence electrons. The molecule has 1 aliphatic heterocycles. The lowest BCUT2D eigenvalue weighted by atomic mass is 10.1. The molecule has 1 saturated heterocycles. The van der Waals surface area contributed by atoms with Crippen LogP contribution in [0.2, 0.25) is 5.02 Å². The molecule has 0 aromatic heterocycles. The van der Waals surface area contributed by atoms with E-state index in [0.717, 1.165) is 6.07 Å². The van der Waals surface area contributed by atoms with E-state index in [1.807, 2.05) is 6.92 Å². The van der Waals surface area contributed by atoms with E-state index in [1.54, 1.807) is 0 Å². The first-order valence-corrected chi connectivity index (χ1v) is 5.87. The van der Waals surface area contributed by atoms with Crippen molar-refractivity contribution in [1.29, 1.82) is 0 Å². The highest BCUT2D eigenvalue weighted by Crippen LogP contribution is 2.31. The fourth-order valence-electron chi connectivity index (χ4n) is 1.63. The van der Waals surface area contributed by atoms with E-state index in [4.69, 9.17) is 21.1 Å². The summed E-state index contributed by atoms with van der Waals surface area (Å²) in [5.74, 6) is -1.40. The van der Waals surface area contributed by atoms with Gasteiger partial charge in [-0.1, -0.05) is 18.5 Å². The molecule has 17 heavy (non-hydrogen) atoms. The van der Waals surface area contributed by atoms with Crippen LogP contribution < -0.4 is 0 Å². The highest BCUT2D eigenvalue weighted by molar-refractivity contribution is 6.31. The highest BCUT2D eigenvalue weighted by Gasteiger charge is 2.25. The Morgan fingerprint density at radius 1 is 1.53 bits per heavy atom. The third kappa shape index (κ3) is 3.15. The standard InChI is InChI=1S/C12H13ClF2O2/c1-2-11(17-6-8-5-16-8)9-3-7(14)4-10(15)12(9)13/h3-4,8,11H,2,5-6H2,1H3/t8-,11?/m1/s1. The first-order valence-electron chi connectivity index (χ1n) is 5.49. The van der Waals surface area contributed by atoms with Gasteiger partial charge in [0.15, 0.2) is 0 Å². The van der Waals surface area contributed by atoms with Crippen molar-refractivity contribution in [2.45, 2.75) is 25.6 Å². The van der Waals surface area contributed by atoms with Crippen LogP contribution in [0, 0.1) is 11.6 Å². The summed E-state index contributed by atoms with van der Waals surface area (Å²) in [4.78, 5) is 0. The van der Waals surface area contributed by atoms with Gasteiger partial charge in [-0.25, -0.2) is 8.78 Å². The number of benzene rings is 1. The molecule has 1 aromatic rings. The molecule has 2 atom stereocenters. The van der Waals surface area contributed by atoms with E-state index in [1.165, 1.54) is 6.07 Å². The minimum Gasteiger partial charge on any atom is -0.371 e. The van der Waals surface area contributed by atoms with Crippen molar-refractivity contribution >= 4 is 11.6 Å². The predicted molar refractivity (Wildman–Crippen MR) is 60.1 cm³/mol. The van der Waals surface area contributed by atoms with E-state index in [-0.39, 0.29) is 11.1 Å². The second-order valence-corrected chi connectivity index (χ2v) is 4.35. The summed E-state index contributed by atoms with van der Waals surface area (Å²) >= 11 is 5.82. The van der Waals surface area contributed by atoms with E-state index < -0.39 is 17.7 Å². The maximum absolute atomic E-state index is 13.3. The molecule has 0 bridgehead atoms. The van der Waals surface area contributed by atoms with Crippen LogP contribution in [0.25, 0.3) is 0 Å². The first-order chi connectivity index (χ1) is 8.11. The molecular formula is C12H13ClF2O2. The third-order valence-corrected chi connectivity index (χ3v) is 3.02. The molecule has 2 rings (SSSR count). The lowest BCUT2D eigenvalue weighted by Gasteiger charge is -2.17. The average molecular weight is 263 g/mol. The second-order valence-electron chi connectivity index (χ2n) is 3.98. The zero-order valence-corrected chi connectivity index (χ0v) is 10.1. The molecule has 0 saturated carbocycles. The Labute approximate surface area is 103 Å². The normalized spacial score (nSPS) is 20.4.